The van der Waals surface area contributed by atoms with Gasteiger partial charge in [-0.05, 0) is 19.1 Å². The number of hydrogen-bond donors (Lipinski definition) is 0. The highest BCUT2D eigenvalue weighted by Crippen LogP contribution is 2.25. The Hall–Kier alpha value is -3.81. The first kappa shape index (κ1) is 16.6. The summed E-state index contributed by atoms with van der Waals surface area (Å²) in [6.07, 6.45) is 1.64. The monoisotopic (exact) mass is 361 g/mol. The van der Waals surface area contributed by atoms with Crippen LogP contribution in [0.25, 0.3) is 22.7 Å². The molecule has 27 heavy (non-hydrogen) atoms. The maximum Gasteiger partial charge on any atom is 0.361 e. The minimum absolute atomic E-state index is 0.0677. The van der Waals surface area contributed by atoms with Crippen LogP contribution in [0.4, 0.5) is 0 Å². The molecule has 0 aliphatic carbocycles. The van der Waals surface area contributed by atoms with Crippen LogP contribution in [0.15, 0.2) is 65.6 Å². The Labute approximate surface area is 153 Å². The number of carbonyl (C=O) groups is 1. The summed E-state index contributed by atoms with van der Waals surface area (Å²) in [5.74, 6) is -0.312. The van der Waals surface area contributed by atoms with Gasteiger partial charge in [0.05, 0.1) is 6.61 Å². The molecule has 4 rings (SSSR count). The molecule has 0 saturated carbocycles. The number of carbonyl (C=O) groups excluding carboxylic acids is 1. The summed E-state index contributed by atoms with van der Waals surface area (Å²) in [6, 6.07) is 15.8. The molecule has 0 saturated heterocycles. The molecule has 0 radical (unpaired) electrons. The van der Waals surface area contributed by atoms with Crippen molar-refractivity contribution in [2.24, 2.45) is 0 Å². The number of pyridine rings is 1. The van der Waals surface area contributed by atoms with Gasteiger partial charge in [0.25, 0.3) is 5.56 Å². The van der Waals surface area contributed by atoms with E-state index in [0.29, 0.717) is 16.9 Å². The maximum absolute atomic E-state index is 12.4. The van der Waals surface area contributed by atoms with Crippen LogP contribution in [0.1, 0.15) is 17.4 Å². The summed E-state index contributed by atoms with van der Waals surface area (Å²) >= 11 is 0. The van der Waals surface area contributed by atoms with Crippen molar-refractivity contribution in [2.75, 3.05) is 6.61 Å². The summed E-state index contributed by atoms with van der Waals surface area (Å²) in [7, 11) is 0. The molecule has 0 spiro atoms. The lowest BCUT2D eigenvalue weighted by molar-refractivity contribution is 0.0520. The third-order valence-electron chi connectivity index (χ3n) is 3.96. The van der Waals surface area contributed by atoms with Gasteiger partial charge in [0.15, 0.2) is 11.5 Å². The highest BCUT2D eigenvalue weighted by molar-refractivity contribution is 5.94. The van der Waals surface area contributed by atoms with Crippen LogP contribution in [0.3, 0.4) is 0 Å². The molecule has 3 heterocycles. The predicted molar refractivity (Wildman–Crippen MR) is 97.8 cm³/mol. The van der Waals surface area contributed by atoms with Crippen molar-refractivity contribution < 1.29 is 9.53 Å². The van der Waals surface area contributed by atoms with E-state index in [2.05, 4.69) is 15.3 Å². The van der Waals surface area contributed by atoms with Crippen molar-refractivity contribution in [2.45, 2.75) is 6.92 Å². The fourth-order valence-corrected chi connectivity index (χ4v) is 2.78. The van der Waals surface area contributed by atoms with E-state index in [1.807, 2.05) is 30.3 Å². The molecule has 0 unspecified atom stereocenters. The number of rotatable bonds is 4. The lowest BCUT2D eigenvalue weighted by Crippen LogP contribution is -2.17. The number of benzene rings is 1. The van der Waals surface area contributed by atoms with Crippen LogP contribution in [-0.2, 0) is 4.74 Å². The van der Waals surface area contributed by atoms with Crippen molar-refractivity contribution in [1.82, 2.24) is 24.4 Å². The highest BCUT2D eigenvalue weighted by Gasteiger charge is 2.24. The molecule has 0 fully saturated rings. The number of ether oxygens (including phenoxy) is 1. The lowest BCUT2D eigenvalue weighted by Gasteiger charge is -2.08. The average molecular weight is 361 g/mol. The molecule has 0 amide bonds. The molecule has 0 N–H and O–H groups in total. The van der Waals surface area contributed by atoms with Gasteiger partial charge in [0.1, 0.15) is 11.3 Å². The van der Waals surface area contributed by atoms with Gasteiger partial charge in [-0.15, -0.1) is 5.10 Å². The molecule has 1 aromatic carbocycles. The van der Waals surface area contributed by atoms with E-state index < -0.39 is 5.97 Å². The fourth-order valence-electron chi connectivity index (χ4n) is 2.78. The quantitative estimate of drug-likeness (QED) is 0.517. The molecular weight excluding hydrogens is 346 g/mol. The number of nitrogens with zero attached hydrogens (tertiary/aromatic N) is 5. The second kappa shape index (κ2) is 6.83. The molecule has 8 nitrogen and oxygen atoms in total. The summed E-state index contributed by atoms with van der Waals surface area (Å²) in [5.41, 5.74) is 1.40. The number of fused-ring (bicyclic) bond motifs is 1. The lowest BCUT2D eigenvalue weighted by atomic mass is 10.1. The zero-order chi connectivity index (χ0) is 18.8. The largest absolute Gasteiger partial charge is 0.461 e. The fraction of sp³-hybridized carbons (Fsp3) is 0.105. The van der Waals surface area contributed by atoms with Gasteiger partial charge < -0.3 is 4.74 Å². The van der Waals surface area contributed by atoms with E-state index in [4.69, 9.17) is 4.74 Å². The number of esters is 1. The molecule has 8 heteroatoms. The van der Waals surface area contributed by atoms with Gasteiger partial charge in [-0.25, -0.2) is 9.78 Å². The summed E-state index contributed by atoms with van der Waals surface area (Å²) in [4.78, 5) is 29.3. The van der Waals surface area contributed by atoms with Crippen LogP contribution < -0.4 is 5.56 Å². The molecular formula is C19H15N5O3. The zero-order valence-electron chi connectivity index (χ0n) is 14.4. The van der Waals surface area contributed by atoms with Crippen molar-refractivity contribution in [3.05, 3.63) is 76.8 Å². The van der Waals surface area contributed by atoms with Gasteiger partial charge in [-0.3, -0.25) is 9.20 Å². The second-order valence-corrected chi connectivity index (χ2v) is 5.67. The first-order chi connectivity index (χ1) is 13.2. The molecule has 0 aliphatic rings. The summed E-state index contributed by atoms with van der Waals surface area (Å²) < 4.78 is 7.90. The van der Waals surface area contributed by atoms with E-state index in [-0.39, 0.29) is 23.7 Å². The Balaban J connectivity index is 1.96. The van der Waals surface area contributed by atoms with Crippen LogP contribution in [-0.4, -0.2) is 37.0 Å². The number of hydrogen-bond acceptors (Lipinski definition) is 6. The first-order valence-electron chi connectivity index (χ1n) is 8.36. The van der Waals surface area contributed by atoms with E-state index >= 15 is 0 Å². The molecule has 3 aromatic heterocycles. The third kappa shape index (κ3) is 2.97. The van der Waals surface area contributed by atoms with Crippen molar-refractivity contribution >= 4 is 11.6 Å². The van der Waals surface area contributed by atoms with Crippen molar-refractivity contribution in [3.63, 3.8) is 0 Å². The van der Waals surface area contributed by atoms with Crippen LogP contribution >= 0.6 is 0 Å². The average Bonchev–Trinajstić information content (AvgIpc) is 3.14. The van der Waals surface area contributed by atoms with Gasteiger partial charge in [-0.1, -0.05) is 41.6 Å². The standard InChI is InChI=1S/C19H15N5O3/c1-2-27-19(26)17-18(13-8-4-3-5-9-13)24(22-21-17)15-12-16(25)23-11-7-6-10-14(23)20-15/h3-12H,2H2,1H3. The van der Waals surface area contributed by atoms with Crippen LogP contribution in [0.2, 0.25) is 0 Å². The Morgan fingerprint density at radius 1 is 1.11 bits per heavy atom. The maximum atomic E-state index is 12.4. The van der Waals surface area contributed by atoms with Gasteiger partial charge in [0.2, 0.25) is 0 Å². The minimum atomic E-state index is -0.583. The molecule has 4 aromatic rings. The van der Waals surface area contributed by atoms with Crippen LogP contribution in [0.5, 0.6) is 0 Å². The SMILES string of the molecule is CCOC(=O)c1nnn(-c2cc(=O)n3ccccc3n2)c1-c1ccccc1. The van der Waals surface area contributed by atoms with Gasteiger partial charge in [-0.2, -0.15) is 4.68 Å². The zero-order valence-corrected chi connectivity index (χ0v) is 14.4. The topological polar surface area (TPSA) is 91.4 Å². The predicted octanol–water partition coefficient (Wildman–Crippen LogP) is 2.12. The molecule has 0 aliphatic heterocycles. The number of aromatic nitrogens is 5. The second-order valence-electron chi connectivity index (χ2n) is 5.67. The third-order valence-corrected chi connectivity index (χ3v) is 3.96. The first-order valence-corrected chi connectivity index (χ1v) is 8.36. The van der Waals surface area contributed by atoms with E-state index in [1.54, 1.807) is 31.3 Å². The Morgan fingerprint density at radius 3 is 2.67 bits per heavy atom. The van der Waals surface area contributed by atoms with Crippen molar-refractivity contribution in [1.29, 1.82) is 0 Å². The smallest absolute Gasteiger partial charge is 0.361 e. The molecule has 134 valence electrons. The molecule has 0 bridgehead atoms. The highest BCUT2D eigenvalue weighted by atomic mass is 16.5. The van der Waals surface area contributed by atoms with E-state index in [1.165, 1.54) is 15.1 Å². The Morgan fingerprint density at radius 2 is 1.89 bits per heavy atom. The summed E-state index contributed by atoms with van der Waals surface area (Å²) in [5, 5.41) is 8.06. The van der Waals surface area contributed by atoms with Crippen molar-refractivity contribution in [3.8, 4) is 17.1 Å². The van der Waals surface area contributed by atoms with E-state index in [0.717, 1.165) is 0 Å². The summed E-state index contributed by atoms with van der Waals surface area (Å²) in [6.45, 7) is 1.94. The minimum Gasteiger partial charge on any atom is -0.461 e. The molecule has 0 atom stereocenters. The Kier molecular flexibility index (Phi) is 4.21. The van der Waals surface area contributed by atoms with Gasteiger partial charge in [0, 0.05) is 17.8 Å². The normalized spacial score (nSPS) is 10.9. The Bertz CT molecular complexity index is 1180. The van der Waals surface area contributed by atoms with Gasteiger partial charge >= 0.3 is 5.97 Å². The van der Waals surface area contributed by atoms with E-state index in [9.17, 15) is 9.59 Å². The van der Waals surface area contributed by atoms with Crippen LogP contribution in [0, 0.1) is 0 Å².